The van der Waals surface area contributed by atoms with Crippen molar-refractivity contribution >= 4 is 16.3 Å². The van der Waals surface area contributed by atoms with Crippen molar-refractivity contribution in [3.63, 3.8) is 0 Å². The molecule has 64 valence electrons. The van der Waals surface area contributed by atoms with E-state index in [4.69, 9.17) is 5.73 Å². The van der Waals surface area contributed by atoms with Gasteiger partial charge in [-0.25, -0.2) is 0 Å². The first kappa shape index (κ1) is 9.07. The highest BCUT2D eigenvalue weighted by Crippen LogP contribution is 2.25. The number of anilines is 1. The fourth-order valence-corrected chi connectivity index (χ4v) is 2.08. The summed E-state index contributed by atoms with van der Waals surface area (Å²) in [4.78, 5) is 1.31. The maximum atomic E-state index is 5.69. The van der Waals surface area contributed by atoms with Gasteiger partial charge in [-0.2, -0.15) is 0 Å². The number of nitrogen functional groups attached to an aromatic ring is 1. The summed E-state index contributed by atoms with van der Waals surface area (Å²) in [5.74, 6) is 0. The van der Waals surface area contributed by atoms with Crippen molar-refractivity contribution < 1.29 is 0 Å². The fourth-order valence-electron chi connectivity index (χ4n) is 1.12. The number of allylic oxidation sites excluding steroid dienone is 2. The zero-order valence-corrected chi connectivity index (χ0v) is 7.86. The third-order valence-electron chi connectivity index (χ3n) is 1.61. The summed E-state index contributed by atoms with van der Waals surface area (Å²) in [7, 11) is 0. The summed E-state index contributed by atoms with van der Waals surface area (Å²) < 4.78 is 0. The molecule has 0 saturated heterocycles. The van der Waals surface area contributed by atoms with E-state index in [0.29, 0.717) is 0 Å². The molecule has 0 aliphatic carbocycles. The molecular weight excluding hydrogens is 166 g/mol. The average molecular weight is 179 g/mol. The maximum absolute atomic E-state index is 5.69. The molecule has 1 aromatic rings. The summed E-state index contributed by atoms with van der Waals surface area (Å²) in [6.07, 6.45) is 5.61. The molecule has 0 atom stereocenters. The molecule has 0 fully saturated rings. The van der Waals surface area contributed by atoms with E-state index in [0.717, 1.165) is 17.8 Å². The van der Waals surface area contributed by atoms with Gasteiger partial charge in [0.1, 0.15) is 0 Å². The van der Waals surface area contributed by atoms with Crippen LogP contribution in [-0.4, -0.2) is 0 Å². The summed E-state index contributed by atoms with van der Waals surface area (Å²) in [6.45, 7) is 7.41. The highest BCUT2D eigenvalue weighted by Gasteiger charge is 2.03. The Morgan fingerprint density at radius 1 is 1.33 bits per heavy atom. The van der Waals surface area contributed by atoms with Gasteiger partial charge in [-0.1, -0.05) is 12.2 Å². The van der Waals surface area contributed by atoms with Crippen LogP contribution in [0.25, 0.3) is 0 Å². The Morgan fingerprint density at radius 3 is 2.58 bits per heavy atom. The molecule has 12 heavy (non-hydrogen) atoms. The topological polar surface area (TPSA) is 26.0 Å². The Labute approximate surface area is 77.2 Å². The predicted octanol–water partition coefficient (Wildman–Crippen LogP) is 2.79. The van der Waals surface area contributed by atoms with Crippen molar-refractivity contribution in [2.75, 3.05) is 5.73 Å². The minimum absolute atomic E-state index is 0.878. The summed E-state index contributed by atoms with van der Waals surface area (Å²) in [5, 5.41) is 0.878. The standard InChI is InChI=1S/C10H13NS/c1-3-5-8-7-10(11)12-9(8)6-4-2/h3-4,7H,1-2,5-6,11H2. The van der Waals surface area contributed by atoms with Gasteiger partial charge in [-0.3, -0.25) is 0 Å². The third-order valence-corrected chi connectivity index (χ3v) is 2.64. The predicted molar refractivity (Wildman–Crippen MR) is 56.5 cm³/mol. The van der Waals surface area contributed by atoms with Crippen LogP contribution in [0, 0.1) is 0 Å². The van der Waals surface area contributed by atoms with Crippen molar-refractivity contribution in [2.45, 2.75) is 12.8 Å². The first-order valence-corrected chi connectivity index (χ1v) is 4.68. The second-order valence-electron chi connectivity index (χ2n) is 2.58. The first-order valence-electron chi connectivity index (χ1n) is 3.86. The van der Waals surface area contributed by atoms with Gasteiger partial charge in [0.25, 0.3) is 0 Å². The number of nitrogens with two attached hydrogens (primary N) is 1. The van der Waals surface area contributed by atoms with Gasteiger partial charge in [-0.15, -0.1) is 24.5 Å². The zero-order valence-electron chi connectivity index (χ0n) is 7.05. The smallest absolute Gasteiger partial charge is 0.0862 e. The summed E-state index contributed by atoms with van der Waals surface area (Å²) in [6, 6.07) is 2.02. The second kappa shape index (κ2) is 4.12. The molecule has 0 aliphatic rings. The lowest BCUT2D eigenvalue weighted by atomic mass is 10.1. The van der Waals surface area contributed by atoms with E-state index in [1.807, 2.05) is 18.2 Å². The van der Waals surface area contributed by atoms with Crippen LogP contribution in [0.15, 0.2) is 31.4 Å². The molecule has 1 nitrogen and oxygen atoms in total. The average Bonchev–Trinajstić information content (AvgIpc) is 2.33. The van der Waals surface area contributed by atoms with E-state index in [2.05, 4.69) is 13.2 Å². The largest absolute Gasteiger partial charge is 0.391 e. The van der Waals surface area contributed by atoms with Crippen LogP contribution in [0.4, 0.5) is 5.00 Å². The van der Waals surface area contributed by atoms with Crippen LogP contribution < -0.4 is 5.73 Å². The van der Waals surface area contributed by atoms with Crippen molar-refractivity contribution in [1.82, 2.24) is 0 Å². The second-order valence-corrected chi connectivity index (χ2v) is 3.75. The van der Waals surface area contributed by atoms with Crippen LogP contribution in [0.5, 0.6) is 0 Å². The Balaban J connectivity index is 2.90. The quantitative estimate of drug-likeness (QED) is 0.707. The summed E-state index contributed by atoms with van der Waals surface area (Å²) >= 11 is 1.64. The van der Waals surface area contributed by atoms with E-state index in [-0.39, 0.29) is 0 Å². The lowest BCUT2D eigenvalue weighted by Gasteiger charge is -1.94. The number of thiophene rings is 1. The zero-order chi connectivity index (χ0) is 8.97. The SMILES string of the molecule is C=CCc1cc(N)sc1CC=C. The molecular formula is C10H13NS. The Kier molecular flexibility index (Phi) is 3.11. The van der Waals surface area contributed by atoms with Crippen LogP contribution in [-0.2, 0) is 12.8 Å². The number of rotatable bonds is 4. The molecule has 1 aromatic heterocycles. The maximum Gasteiger partial charge on any atom is 0.0862 e. The van der Waals surface area contributed by atoms with Gasteiger partial charge in [0.05, 0.1) is 5.00 Å². The first-order chi connectivity index (χ1) is 5.77. The van der Waals surface area contributed by atoms with Crippen LogP contribution >= 0.6 is 11.3 Å². The number of hydrogen-bond acceptors (Lipinski definition) is 2. The van der Waals surface area contributed by atoms with Crippen LogP contribution in [0.3, 0.4) is 0 Å². The van der Waals surface area contributed by atoms with Gasteiger partial charge < -0.3 is 5.73 Å². The molecule has 2 heteroatoms. The van der Waals surface area contributed by atoms with E-state index < -0.39 is 0 Å². The van der Waals surface area contributed by atoms with Crippen molar-refractivity contribution in [2.24, 2.45) is 0 Å². The highest BCUT2D eigenvalue weighted by atomic mass is 32.1. The Bertz CT molecular complexity index is 259. The molecule has 0 radical (unpaired) electrons. The molecule has 2 N–H and O–H groups in total. The van der Waals surface area contributed by atoms with Crippen LogP contribution in [0.1, 0.15) is 10.4 Å². The number of hydrogen-bond donors (Lipinski definition) is 1. The van der Waals surface area contributed by atoms with Gasteiger partial charge in [-0.05, 0) is 24.5 Å². The lowest BCUT2D eigenvalue weighted by Crippen LogP contribution is -1.83. The minimum atomic E-state index is 0.878. The Morgan fingerprint density at radius 2 is 2.00 bits per heavy atom. The van der Waals surface area contributed by atoms with Gasteiger partial charge in [0.15, 0.2) is 0 Å². The van der Waals surface area contributed by atoms with Gasteiger partial charge in [0.2, 0.25) is 0 Å². The van der Waals surface area contributed by atoms with E-state index >= 15 is 0 Å². The molecule has 0 spiro atoms. The molecule has 0 aliphatic heterocycles. The van der Waals surface area contributed by atoms with Crippen molar-refractivity contribution in [3.05, 3.63) is 41.8 Å². The normalized spacial score (nSPS) is 9.67. The molecule has 1 rings (SSSR count). The highest BCUT2D eigenvalue weighted by molar-refractivity contribution is 7.16. The van der Waals surface area contributed by atoms with Crippen molar-refractivity contribution in [3.8, 4) is 0 Å². The van der Waals surface area contributed by atoms with E-state index in [1.165, 1.54) is 10.4 Å². The molecule has 0 aromatic carbocycles. The molecule has 0 unspecified atom stereocenters. The molecule has 0 amide bonds. The fraction of sp³-hybridized carbons (Fsp3) is 0.200. The molecule has 0 bridgehead atoms. The van der Waals surface area contributed by atoms with E-state index in [1.54, 1.807) is 11.3 Å². The van der Waals surface area contributed by atoms with Crippen molar-refractivity contribution in [1.29, 1.82) is 0 Å². The molecule has 0 saturated carbocycles. The monoisotopic (exact) mass is 179 g/mol. The van der Waals surface area contributed by atoms with Gasteiger partial charge in [0, 0.05) is 4.88 Å². The third kappa shape index (κ3) is 1.98. The summed E-state index contributed by atoms with van der Waals surface area (Å²) in [5.41, 5.74) is 6.97. The molecule has 1 heterocycles. The van der Waals surface area contributed by atoms with Crippen LogP contribution in [0.2, 0.25) is 0 Å². The minimum Gasteiger partial charge on any atom is -0.391 e. The lowest BCUT2D eigenvalue weighted by molar-refractivity contribution is 1.21. The van der Waals surface area contributed by atoms with Gasteiger partial charge >= 0.3 is 0 Å². The van der Waals surface area contributed by atoms with E-state index in [9.17, 15) is 0 Å². The Hall–Kier alpha value is -1.02.